The summed E-state index contributed by atoms with van der Waals surface area (Å²) in [4.78, 5) is 39.2. The number of ether oxygens (including phenoxy) is 1. The number of thiazole rings is 1. The molecule has 7 heteroatoms. The Bertz CT molecular complexity index is 989. The quantitative estimate of drug-likeness (QED) is 0.400. The molecule has 136 valence electrons. The van der Waals surface area contributed by atoms with E-state index in [0.717, 1.165) is 10.2 Å². The number of carbonyl (C=O) groups excluding carboxylic acids is 3. The van der Waals surface area contributed by atoms with Crippen LogP contribution in [0.5, 0.6) is 0 Å². The van der Waals surface area contributed by atoms with Crippen LogP contribution in [0.4, 0.5) is 5.69 Å². The van der Waals surface area contributed by atoms with E-state index in [9.17, 15) is 14.4 Å². The average Bonchev–Trinajstić information content (AvgIpc) is 3.08. The lowest BCUT2D eigenvalue weighted by Gasteiger charge is -2.05. The van der Waals surface area contributed by atoms with Crippen molar-refractivity contribution in [1.29, 1.82) is 0 Å². The molecule has 0 saturated heterocycles. The molecule has 3 rings (SSSR count). The van der Waals surface area contributed by atoms with E-state index in [-0.39, 0.29) is 5.78 Å². The molecule has 0 atom stereocenters. The monoisotopic (exact) mass is 380 g/mol. The number of para-hydroxylation sites is 1. The van der Waals surface area contributed by atoms with Crippen molar-refractivity contribution in [3.05, 3.63) is 65.2 Å². The maximum atomic E-state index is 11.8. The zero-order chi connectivity index (χ0) is 19.2. The van der Waals surface area contributed by atoms with Gasteiger partial charge in [0.25, 0.3) is 5.91 Å². The molecule has 0 aliphatic heterocycles. The molecule has 0 spiro atoms. The fourth-order valence-corrected chi connectivity index (χ4v) is 3.14. The van der Waals surface area contributed by atoms with Crippen LogP contribution in [0.1, 0.15) is 22.3 Å². The number of nitrogens with one attached hydrogen (secondary N) is 1. The van der Waals surface area contributed by atoms with Crippen molar-refractivity contribution in [3.8, 4) is 0 Å². The summed E-state index contributed by atoms with van der Waals surface area (Å²) in [6.45, 7) is 1.06. The molecule has 27 heavy (non-hydrogen) atoms. The summed E-state index contributed by atoms with van der Waals surface area (Å²) in [5.41, 5.74) is 1.94. The molecule has 1 aromatic heterocycles. The zero-order valence-corrected chi connectivity index (χ0v) is 15.3. The van der Waals surface area contributed by atoms with Crippen molar-refractivity contribution in [2.75, 3.05) is 11.9 Å². The minimum Gasteiger partial charge on any atom is -0.452 e. The molecule has 1 heterocycles. The van der Waals surface area contributed by atoms with E-state index in [0.29, 0.717) is 16.3 Å². The number of benzene rings is 2. The Morgan fingerprint density at radius 1 is 1.11 bits per heavy atom. The van der Waals surface area contributed by atoms with Crippen LogP contribution >= 0.6 is 11.3 Å². The topological polar surface area (TPSA) is 85.4 Å². The molecule has 1 amide bonds. The van der Waals surface area contributed by atoms with E-state index >= 15 is 0 Å². The van der Waals surface area contributed by atoms with Crippen molar-refractivity contribution in [3.63, 3.8) is 0 Å². The lowest BCUT2D eigenvalue weighted by Crippen LogP contribution is -2.20. The predicted octanol–water partition coefficient (Wildman–Crippen LogP) is 3.69. The SMILES string of the molecule is CC(=O)c1ccc(NC(=O)COC(=O)/C=C/c2nc3ccccc3s2)cc1. The van der Waals surface area contributed by atoms with Crippen molar-refractivity contribution < 1.29 is 19.1 Å². The van der Waals surface area contributed by atoms with Gasteiger partial charge in [-0.1, -0.05) is 12.1 Å². The molecule has 2 aromatic carbocycles. The number of aromatic nitrogens is 1. The fourth-order valence-electron chi connectivity index (χ4n) is 2.27. The van der Waals surface area contributed by atoms with Gasteiger partial charge in [-0.25, -0.2) is 9.78 Å². The summed E-state index contributed by atoms with van der Waals surface area (Å²) in [5.74, 6) is -1.15. The Morgan fingerprint density at radius 2 is 1.85 bits per heavy atom. The molecule has 0 unspecified atom stereocenters. The highest BCUT2D eigenvalue weighted by molar-refractivity contribution is 7.19. The number of hydrogen-bond donors (Lipinski definition) is 1. The number of fused-ring (bicyclic) bond motifs is 1. The normalized spacial score (nSPS) is 10.9. The second-order valence-electron chi connectivity index (χ2n) is 5.64. The third-order valence-corrected chi connectivity index (χ3v) is 4.59. The minimum absolute atomic E-state index is 0.0540. The number of Topliss-reactive ketones (excluding diaryl/α,β-unsaturated/α-hetero) is 1. The lowest BCUT2D eigenvalue weighted by molar-refractivity contribution is -0.142. The number of ketones is 1. The summed E-state index contributed by atoms with van der Waals surface area (Å²) in [6.07, 6.45) is 2.80. The van der Waals surface area contributed by atoms with Crippen LogP contribution in [0.2, 0.25) is 0 Å². The number of hydrogen-bond acceptors (Lipinski definition) is 6. The smallest absolute Gasteiger partial charge is 0.331 e. The van der Waals surface area contributed by atoms with Gasteiger partial charge in [0.2, 0.25) is 0 Å². The molecule has 3 aromatic rings. The Hall–Kier alpha value is -3.32. The number of anilines is 1. The van der Waals surface area contributed by atoms with Gasteiger partial charge in [-0.15, -0.1) is 11.3 Å². The first-order valence-electron chi connectivity index (χ1n) is 8.12. The summed E-state index contributed by atoms with van der Waals surface area (Å²) >= 11 is 1.46. The minimum atomic E-state index is -0.628. The Balaban J connectivity index is 1.49. The molecule has 1 N–H and O–H groups in total. The third kappa shape index (κ3) is 5.08. The van der Waals surface area contributed by atoms with E-state index < -0.39 is 18.5 Å². The first kappa shape index (κ1) is 18.5. The Labute approximate surface area is 159 Å². The lowest BCUT2D eigenvalue weighted by atomic mass is 10.1. The molecule has 0 bridgehead atoms. The number of nitrogens with zero attached hydrogens (tertiary/aromatic N) is 1. The van der Waals surface area contributed by atoms with E-state index in [1.54, 1.807) is 30.3 Å². The second kappa shape index (κ2) is 8.37. The number of esters is 1. The van der Waals surface area contributed by atoms with Gasteiger partial charge in [-0.2, -0.15) is 0 Å². The van der Waals surface area contributed by atoms with Crippen LogP contribution in [0.3, 0.4) is 0 Å². The molecule has 0 fully saturated rings. The highest BCUT2D eigenvalue weighted by atomic mass is 32.1. The van der Waals surface area contributed by atoms with Gasteiger partial charge in [-0.3, -0.25) is 9.59 Å². The van der Waals surface area contributed by atoms with Crippen LogP contribution in [-0.4, -0.2) is 29.3 Å². The first-order valence-corrected chi connectivity index (χ1v) is 8.94. The fraction of sp³-hybridized carbons (Fsp3) is 0.100. The number of rotatable bonds is 6. The molecule has 0 radical (unpaired) electrons. The van der Waals surface area contributed by atoms with Gasteiger partial charge < -0.3 is 10.1 Å². The van der Waals surface area contributed by atoms with Gasteiger partial charge in [-0.05, 0) is 49.4 Å². The predicted molar refractivity (Wildman–Crippen MR) is 105 cm³/mol. The van der Waals surface area contributed by atoms with Crippen LogP contribution in [0.25, 0.3) is 16.3 Å². The van der Waals surface area contributed by atoms with Gasteiger partial charge in [0, 0.05) is 17.3 Å². The van der Waals surface area contributed by atoms with Crippen LogP contribution < -0.4 is 5.32 Å². The third-order valence-electron chi connectivity index (χ3n) is 3.59. The molecular formula is C20H16N2O4S. The van der Waals surface area contributed by atoms with Gasteiger partial charge >= 0.3 is 5.97 Å². The van der Waals surface area contributed by atoms with E-state index in [2.05, 4.69) is 10.3 Å². The Kier molecular flexibility index (Phi) is 5.73. The van der Waals surface area contributed by atoms with Crippen LogP contribution in [0, 0.1) is 0 Å². The standard InChI is InChI=1S/C20H16N2O4S/c1-13(23)14-6-8-15(9-7-14)21-18(24)12-26-20(25)11-10-19-22-16-4-2-3-5-17(16)27-19/h2-11H,12H2,1H3,(H,21,24)/b11-10+. The highest BCUT2D eigenvalue weighted by Gasteiger charge is 2.07. The van der Waals surface area contributed by atoms with Crippen molar-refractivity contribution in [1.82, 2.24) is 4.98 Å². The average molecular weight is 380 g/mol. The summed E-state index contributed by atoms with van der Waals surface area (Å²) in [7, 11) is 0. The van der Waals surface area contributed by atoms with E-state index in [1.165, 1.54) is 24.3 Å². The molecular weight excluding hydrogens is 364 g/mol. The second-order valence-corrected chi connectivity index (χ2v) is 6.70. The van der Waals surface area contributed by atoms with E-state index in [4.69, 9.17) is 4.74 Å². The summed E-state index contributed by atoms with van der Waals surface area (Å²) < 4.78 is 5.95. The molecule has 0 saturated carbocycles. The van der Waals surface area contributed by atoms with Crippen LogP contribution in [0.15, 0.2) is 54.6 Å². The Morgan fingerprint density at radius 3 is 2.56 bits per heavy atom. The largest absolute Gasteiger partial charge is 0.452 e. The summed E-state index contributed by atoms with van der Waals surface area (Å²) in [6, 6.07) is 14.1. The van der Waals surface area contributed by atoms with Gasteiger partial charge in [0.05, 0.1) is 10.2 Å². The maximum Gasteiger partial charge on any atom is 0.331 e. The van der Waals surface area contributed by atoms with Gasteiger partial charge in [0.15, 0.2) is 12.4 Å². The highest BCUT2D eigenvalue weighted by Crippen LogP contribution is 2.22. The molecule has 0 aliphatic rings. The summed E-state index contributed by atoms with van der Waals surface area (Å²) in [5, 5.41) is 3.28. The molecule has 0 aliphatic carbocycles. The zero-order valence-electron chi connectivity index (χ0n) is 14.5. The number of carbonyl (C=O) groups is 3. The maximum absolute atomic E-state index is 11.8. The van der Waals surface area contributed by atoms with Crippen molar-refractivity contribution in [2.45, 2.75) is 6.92 Å². The first-order chi connectivity index (χ1) is 13.0. The van der Waals surface area contributed by atoms with E-state index in [1.807, 2.05) is 24.3 Å². The van der Waals surface area contributed by atoms with Crippen LogP contribution in [-0.2, 0) is 14.3 Å². The van der Waals surface area contributed by atoms with Crippen molar-refractivity contribution >= 4 is 51.0 Å². The number of amides is 1. The van der Waals surface area contributed by atoms with Crippen molar-refractivity contribution in [2.24, 2.45) is 0 Å². The molecule has 6 nitrogen and oxygen atoms in total. The van der Waals surface area contributed by atoms with Gasteiger partial charge in [0.1, 0.15) is 5.01 Å².